The number of para-hydroxylation sites is 1. The Morgan fingerprint density at radius 2 is 1.61 bits per heavy atom. The van der Waals surface area contributed by atoms with Crippen molar-refractivity contribution in [3.8, 4) is 11.5 Å². The summed E-state index contributed by atoms with van der Waals surface area (Å²) in [6.45, 7) is 3.04. The van der Waals surface area contributed by atoms with Gasteiger partial charge in [0.05, 0.1) is 37.6 Å². The number of anilines is 2. The topological polar surface area (TPSA) is 132 Å². The molecule has 12 nitrogen and oxygen atoms in total. The van der Waals surface area contributed by atoms with Gasteiger partial charge in [0.1, 0.15) is 23.6 Å². The molecule has 0 atom stereocenters. The quantitative estimate of drug-likeness (QED) is 0.155. The number of pyridine rings is 1. The SMILES string of the molecule is COCCN(CCOC)C(=O)c1cccc(NC(=O)NCC(=O)N(C)c2ccc(Cl)c(COc3cccc4c(OC)cc(C)nc34)c2Cl)c1. The minimum Gasteiger partial charge on any atom is -0.496 e. The fourth-order valence-corrected chi connectivity index (χ4v) is 5.55. The number of halogens is 2. The first-order chi connectivity index (χ1) is 23.6. The van der Waals surface area contributed by atoms with Crippen LogP contribution in [-0.4, -0.2) is 89.0 Å². The maximum absolute atomic E-state index is 13.1. The van der Waals surface area contributed by atoms with Gasteiger partial charge in [-0.05, 0) is 49.4 Å². The molecule has 0 bridgehead atoms. The maximum Gasteiger partial charge on any atom is 0.319 e. The molecule has 0 spiro atoms. The number of nitrogens with zero attached hydrogens (tertiary/aromatic N) is 3. The number of amides is 4. The lowest BCUT2D eigenvalue weighted by molar-refractivity contribution is -0.117. The molecule has 14 heteroatoms. The van der Waals surface area contributed by atoms with E-state index in [9.17, 15) is 14.4 Å². The summed E-state index contributed by atoms with van der Waals surface area (Å²) < 4.78 is 21.9. The number of carbonyl (C=O) groups is 3. The van der Waals surface area contributed by atoms with Crippen LogP contribution >= 0.6 is 23.2 Å². The lowest BCUT2D eigenvalue weighted by Crippen LogP contribution is -2.40. The molecule has 0 saturated carbocycles. The number of aromatic nitrogens is 1. The predicted octanol–water partition coefficient (Wildman–Crippen LogP) is 5.96. The number of carbonyl (C=O) groups excluding carboxylic acids is 3. The van der Waals surface area contributed by atoms with Crippen LogP contribution in [0.2, 0.25) is 10.0 Å². The van der Waals surface area contributed by atoms with Crippen molar-refractivity contribution in [2.45, 2.75) is 13.5 Å². The van der Waals surface area contributed by atoms with Crippen molar-refractivity contribution in [3.05, 3.63) is 87.5 Å². The number of methoxy groups -OCH3 is 3. The van der Waals surface area contributed by atoms with Crippen molar-refractivity contribution in [1.29, 1.82) is 0 Å². The third-order valence-electron chi connectivity index (χ3n) is 7.57. The van der Waals surface area contributed by atoms with Gasteiger partial charge < -0.3 is 39.4 Å². The Bertz CT molecular complexity index is 1800. The van der Waals surface area contributed by atoms with Crippen LogP contribution in [0.25, 0.3) is 10.9 Å². The second-order valence-electron chi connectivity index (χ2n) is 10.9. The van der Waals surface area contributed by atoms with Gasteiger partial charge in [-0.3, -0.25) is 9.59 Å². The van der Waals surface area contributed by atoms with E-state index in [0.717, 1.165) is 11.1 Å². The molecule has 0 aliphatic rings. The number of benzene rings is 3. The third kappa shape index (κ3) is 9.51. The molecule has 0 saturated heterocycles. The van der Waals surface area contributed by atoms with Crippen molar-refractivity contribution in [2.24, 2.45) is 0 Å². The summed E-state index contributed by atoms with van der Waals surface area (Å²) >= 11 is 13.3. The molecule has 0 aliphatic heterocycles. The molecule has 1 heterocycles. The average Bonchev–Trinajstić information content (AvgIpc) is 3.10. The minimum absolute atomic E-state index is 0.00331. The predicted molar refractivity (Wildman–Crippen MR) is 190 cm³/mol. The zero-order valence-electron chi connectivity index (χ0n) is 28.0. The summed E-state index contributed by atoms with van der Waals surface area (Å²) in [6.07, 6.45) is 0. The highest BCUT2D eigenvalue weighted by Crippen LogP contribution is 2.36. The lowest BCUT2D eigenvalue weighted by atomic mass is 10.1. The number of urea groups is 1. The summed E-state index contributed by atoms with van der Waals surface area (Å²) in [5.74, 6) is 0.517. The minimum atomic E-state index is -0.631. The molecule has 1 aromatic heterocycles. The van der Waals surface area contributed by atoms with Crippen molar-refractivity contribution in [1.82, 2.24) is 15.2 Å². The Morgan fingerprint density at radius 1 is 0.898 bits per heavy atom. The van der Waals surface area contributed by atoms with E-state index in [0.29, 0.717) is 70.8 Å². The van der Waals surface area contributed by atoms with Gasteiger partial charge in [-0.2, -0.15) is 0 Å². The maximum atomic E-state index is 13.1. The van der Waals surface area contributed by atoms with Crippen LogP contribution < -0.4 is 25.0 Å². The van der Waals surface area contributed by atoms with E-state index >= 15 is 0 Å². The average molecular weight is 713 g/mol. The van der Waals surface area contributed by atoms with E-state index in [2.05, 4.69) is 15.6 Å². The molecule has 0 unspecified atom stereocenters. The summed E-state index contributed by atoms with van der Waals surface area (Å²) in [4.78, 5) is 46.5. The van der Waals surface area contributed by atoms with Crippen molar-refractivity contribution in [2.75, 3.05) is 71.4 Å². The van der Waals surface area contributed by atoms with Gasteiger partial charge in [0.25, 0.3) is 5.91 Å². The monoisotopic (exact) mass is 711 g/mol. The Labute approximate surface area is 295 Å². The van der Waals surface area contributed by atoms with Crippen LogP contribution in [0.3, 0.4) is 0 Å². The number of ether oxygens (including phenoxy) is 4. The molecular weight excluding hydrogens is 673 g/mol. The number of hydrogen-bond donors (Lipinski definition) is 2. The van der Waals surface area contributed by atoms with Gasteiger partial charge in [-0.15, -0.1) is 0 Å². The molecule has 2 N–H and O–H groups in total. The van der Waals surface area contributed by atoms with Crippen molar-refractivity contribution in [3.63, 3.8) is 0 Å². The summed E-state index contributed by atoms with van der Waals surface area (Å²) in [6, 6.07) is 16.5. The highest BCUT2D eigenvalue weighted by atomic mass is 35.5. The smallest absolute Gasteiger partial charge is 0.319 e. The van der Waals surface area contributed by atoms with Gasteiger partial charge in [-0.1, -0.05) is 35.3 Å². The van der Waals surface area contributed by atoms with Gasteiger partial charge >= 0.3 is 6.03 Å². The first kappa shape index (κ1) is 37.2. The first-order valence-corrected chi connectivity index (χ1v) is 16.1. The molecular formula is C35H39Cl2N5O7. The van der Waals surface area contributed by atoms with E-state index < -0.39 is 11.9 Å². The van der Waals surface area contributed by atoms with Gasteiger partial charge in [0.15, 0.2) is 0 Å². The molecule has 3 aromatic carbocycles. The van der Waals surface area contributed by atoms with E-state index in [1.54, 1.807) is 75.7 Å². The fourth-order valence-electron chi connectivity index (χ4n) is 4.94. The lowest BCUT2D eigenvalue weighted by Gasteiger charge is -2.22. The Hall–Kier alpha value is -4.62. The third-order valence-corrected chi connectivity index (χ3v) is 8.35. The zero-order valence-corrected chi connectivity index (χ0v) is 29.5. The zero-order chi connectivity index (χ0) is 35.5. The summed E-state index contributed by atoms with van der Waals surface area (Å²) in [5.41, 5.74) is 3.00. The molecule has 260 valence electrons. The number of nitrogens with one attached hydrogen (secondary N) is 2. The van der Waals surface area contributed by atoms with Gasteiger partial charge in [0.2, 0.25) is 5.91 Å². The van der Waals surface area contributed by atoms with Gasteiger partial charge in [0, 0.05) is 73.3 Å². The number of fused-ring (bicyclic) bond motifs is 1. The van der Waals surface area contributed by atoms with E-state index in [1.807, 2.05) is 25.1 Å². The molecule has 49 heavy (non-hydrogen) atoms. The number of rotatable bonds is 15. The Morgan fingerprint density at radius 3 is 2.31 bits per heavy atom. The molecule has 4 rings (SSSR count). The van der Waals surface area contributed by atoms with Crippen LogP contribution in [0.15, 0.2) is 60.7 Å². The normalized spacial score (nSPS) is 10.8. The molecule has 4 aromatic rings. The van der Waals surface area contributed by atoms with Gasteiger partial charge in [-0.25, -0.2) is 9.78 Å². The van der Waals surface area contributed by atoms with Crippen molar-refractivity contribution >= 4 is 63.3 Å². The van der Waals surface area contributed by atoms with E-state index in [1.165, 1.54) is 4.90 Å². The first-order valence-electron chi connectivity index (χ1n) is 15.3. The number of likely N-dealkylation sites (N-methyl/N-ethyl adjacent to an activating group) is 1. The number of aryl methyl sites for hydroxylation is 1. The van der Waals surface area contributed by atoms with Crippen LogP contribution in [0.5, 0.6) is 11.5 Å². The second kappa shape index (κ2) is 17.7. The molecule has 4 amide bonds. The van der Waals surface area contributed by atoms with Crippen LogP contribution in [-0.2, 0) is 20.9 Å². The molecule has 0 aliphatic carbocycles. The van der Waals surface area contributed by atoms with Crippen LogP contribution in [0, 0.1) is 6.92 Å². The number of hydrogen-bond acceptors (Lipinski definition) is 8. The second-order valence-corrected chi connectivity index (χ2v) is 11.7. The molecule has 0 radical (unpaired) electrons. The fraction of sp³-hybridized carbons (Fsp3) is 0.314. The standard InChI is InChI=1S/C35H39Cl2N5O7/c1-22-18-30(48-5)25-10-7-11-29(33(25)39-22)49-21-26-27(36)12-13-28(32(26)37)41(2)31(43)20-38-35(45)40-24-9-6-8-23(19-24)34(44)42(14-16-46-3)15-17-47-4/h6-13,18-19H,14-17,20-21H2,1-5H3,(H2,38,40,45). The molecule has 0 fully saturated rings. The summed E-state index contributed by atoms with van der Waals surface area (Å²) in [7, 11) is 6.26. The summed E-state index contributed by atoms with van der Waals surface area (Å²) in [5, 5.41) is 6.59. The highest BCUT2D eigenvalue weighted by molar-refractivity contribution is 6.38. The van der Waals surface area contributed by atoms with Crippen LogP contribution in [0.4, 0.5) is 16.2 Å². The Balaban J connectivity index is 1.39. The largest absolute Gasteiger partial charge is 0.496 e. The van der Waals surface area contributed by atoms with E-state index in [4.69, 9.17) is 42.1 Å². The van der Waals surface area contributed by atoms with Crippen LogP contribution in [0.1, 0.15) is 21.6 Å². The Kier molecular flexibility index (Phi) is 13.4. The van der Waals surface area contributed by atoms with E-state index in [-0.39, 0.29) is 24.1 Å². The van der Waals surface area contributed by atoms with Crippen molar-refractivity contribution < 1.29 is 33.3 Å². The highest BCUT2D eigenvalue weighted by Gasteiger charge is 2.21.